The molecule has 0 aromatic carbocycles. The van der Waals surface area contributed by atoms with Crippen molar-refractivity contribution in [1.29, 1.82) is 0 Å². The highest BCUT2D eigenvalue weighted by molar-refractivity contribution is 6.54. The van der Waals surface area contributed by atoms with Crippen molar-refractivity contribution < 1.29 is 14.9 Å². The molecule has 72 valence electrons. The first-order valence-electron chi connectivity index (χ1n) is 4.86. The van der Waals surface area contributed by atoms with E-state index >= 15 is 0 Å². The van der Waals surface area contributed by atoms with Crippen LogP contribution in [0.2, 0.25) is 0 Å². The van der Waals surface area contributed by atoms with Gasteiger partial charge in [-0.3, -0.25) is 0 Å². The molecule has 2 unspecified atom stereocenters. The molecular formula is C4H15B6NO3. The fourth-order valence-electron chi connectivity index (χ4n) is 1.60. The van der Waals surface area contributed by atoms with Gasteiger partial charge in [0.2, 0.25) is 0 Å². The lowest BCUT2D eigenvalue weighted by Gasteiger charge is -2.59. The molecule has 3 N–H and O–H groups in total. The maximum absolute atomic E-state index is 9.98. The zero-order valence-corrected chi connectivity index (χ0v) is 9.80. The van der Waals surface area contributed by atoms with Crippen LogP contribution in [-0.2, 0) is 4.74 Å². The van der Waals surface area contributed by atoms with Gasteiger partial charge >= 0.3 is 0 Å². The Morgan fingerprint density at radius 3 is 1.71 bits per heavy atom. The van der Waals surface area contributed by atoms with Crippen molar-refractivity contribution in [2.45, 2.75) is 22.0 Å². The van der Waals surface area contributed by atoms with Gasteiger partial charge in [0.25, 0.3) is 0 Å². The van der Waals surface area contributed by atoms with Crippen LogP contribution in [0.5, 0.6) is 0 Å². The van der Waals surface area contributed by atoms with Gasteiger partial charge in [0, 0.05) is 5.40 Å². The summed E-state index contributed by atoms with van der Waals surface area (Å²) in [5.41, 5.74) is -3.04. The molecule has 0 radical (unpaired) electrons. The predicted molar refractivity (Wildman–Crippen MR) is 70.8 cm³/mol. The van der Waals surface area contributed by atoms with Gasteiger partial charge in [-0.2, -0.15) is 0 Å². The molecular weight excluding hydrogens is 175 g/mol. The van der Waals surface area contributed by atoms with Gasteiger partial charge in [-0.15, -0.1) is 0 Å². The van der Waals surface area contributed by atoms with E-state index in [9.17, 15) is 10.2 Å². The van der Waals surface area contributed by atoms with Crippen molar-refractivity contribution in [1.82, 2.24) is 5.32 Å². The summed E-state index contributed by atoms with van der Waals surface area (Å²) in [5, 5.41) is 21.9. The fraction of sp³-hybridized carbons (Fsp3) is 1.00. The zero-order valence-electron chi connectivity index (χ0n) is 9.80. The van der Waals surface area contributed by atoms with Crippen molar-refractivity contribution in [3.63, 3.8) is 0 Å². The molecule has 0 amide bonds. The topological polar surface area (TPSA) is 61.7 Å². The van der Waals surface area contributed by atoms with Crippen LogP contribution >= 0.6 is 0 Å². The predicted octanol–water partition coefficient (Wildman–Crippen LogP) is -8.00. The molecule has 4 nitrogen and oxygen atoms in total. The molecule has 2 atom stereocenters. The van der Waals surface area contributed by atoms with E-state index in [4.69, 9.17) is 4.74 Å². The summed E-state index contributed by atoms with van der Waals surface area (Å²) in [6, 6.07) is 0. The van der Waals surface area contributed by atoms with Gasteiger partial charge < -0.3 is 20.3 Å². The molecule has 1 rings (SSSR count). The lowest BCUT2D eigenvalue weighted by Crippen LogP contribution is -2.84. The minimum atomic E-state index is -1.59. The molecule has 0 spiro atoms. The number of hydrogen-bond acceptors (Lipinski definition) is 4. The molecule has 1 aliphatic rings. The Morgan fingerprint density at radius 1 is 0.929 bits per heavy atom. The van der Waals surface area contributed by atoms with Crippen molar-refractivity contribution in [2.24, 2.45) is 0 Å². The van der Waals surface area contributed by atoms with Crippen molar-refractivity contribution in [3.05, 3.63) is 0 Å². The quantitative estimate of drug-likeness (QED) is 0.332. The van der Waals surface area contributed by atoms with E-state index in [1.807, 2.05) is 31.4 Å². The Morgan fingerprint density at radius 2 is 1.36 bits per heavy atom. The number of morpholine rings is 1. The molecule has 1 saturated heterocycles. The van der Waals surface area contributed by atoms with Crippen LogP contribution in [0.15, 0.2) is 0 Å². The van der Waals surface area contributed by atoms with Crippen molar-refractivity contribution >= 4 is 47.1 Å². The normalized spacial score (nSPS) is 45.9. The van der Waals surface area contributed by atoms with E-state index in [0.29, 0.717) is 0 Å². The van der Waals surface area contributed by atoms with E-state index in [2.05, 4.69) is 5.32 Å². The first kappa shape index (κ1) is 12.3. The highest BCUT2D eigenvalue weighted by atomic mass is 16.7. The lowest BCUT2D eigenvalue weighted by atomic mass is 9.38. The number of rotatable bonds is 0. The molecule has 0 aromatic rings. The molecule has 1 heterocycles. The number of nitrogens with one attached hydrogen (secondary N) is 1. The average Bonchev–Trinajstić information content (AvgIpc) is 1.78. The Kier molecular flexibility index (Phi) is 2.53. The first-order chi connectivity index (χ1) is 5.91. The van der Waals surface area contributed by atoms with E-state index in [1.54, 1.807) is 0 Å². The van der Waals surface area contributed by atoms with Crippen LogP contribution in [0, 0.1) is 0 Å². The minimum absolute atomic E-state index is 0.418. The Balaban J connectivity index is 3.07. The maximum Gasteiger partial charge on any atom is 0.183 e. The Bertz CT molecular complexity index is 203. The standard InChI is InChI=1S/C4H15B6NO3/c5-1(6)2(7,8)14-4(10,13)3(9,12)11-1/h11-13H,5-10H2. The average molecular weight is 190 g/mol. The molecule has 0 bridgehead atoms. The highest BCUT2D eigenvalue weighted by Crippen LogP contribution is 2.31. The molecule has 10 heteroatoms. The molecule has 0 aromatic heterocycles. The molecule has 1 fully saturated rings. The second-order valence-electron chi connectivity index (χ2n) is 5.42. The number of hydrogen-bond donors (Lipinski definition) is 3. The Hall–Kier alpha value is 0.230. The monoisotopic (exact) mass is 191 g/mol. The van der Waals surface area contributed by atoms with Crippen LogP contribution in [0.1, 0.15) is 0 Å². The van der Waals surface area contributed by atoms with Gasteiger partial charge in [-0.05, 0) is 5.34 Å². The van der Waals surface area contributed by atoms with Gasteiger partial charge in [0.1, 0.15) is 37.0 Å². The SMILES string of the molecule is BC1(B)NC(B)(O)C(B)(O)OC1(B)B. The van der Waals surface area contributed by atoms with E-state index in [1.165, 1.54) is 15.7 Å². The molecule has 1 aliphatic heterocycles. The van der Waals surface area contributed by atoms with Crippen LogP contribution in [0.25, 0.3) is 0 Å². The summed E-state index contributed by atoms with van der Waals surface area (Å²) < 4.78 is 5.53. The van der Waals surface area contributed by atoms with E-state index < -0.39 is 22.0 Å². The van der Waals surface area contributed by atoms with E-state index in [0.717, 1.165) is 0 Å². The summed E-state index contributed by atoms with van der Waals surface area (Å²) >= 11 is 0. The van der Waals surface area contributed by atoms with Crippen LogP contribution in [0.3, 0.4) is 0 Å². The van der Waals surface area contributed by atoms with Gasteiger partial charge in [0.15, 0.2) is 21.4 Å². The molecule has 0 saturated carbocycles. The smallest absolute Gasteiger partial charge is 0.183 e. The molecule has 0 aliphatic carbocycles. The summed E-state index contributed by atoms with van der Waals surface area (Å²) in [4.78, 5) is 0. The van der Waals surface area contributed by atoms with E-state index in [-0.39, 0.29) is 0 Å². The van der Waals surface area contributed by atoms with Gasteiger partial charge in [0.05, 0.1) is 0 Å². The Labute approximate surface area is 90.0 Å². The zero-order chi connectivity index (χ0) is 11.4. The lowest BCUT2D eigenvalue weighted by molar-refractivity contribution is -0.273. The van der Waals surface area contributed by atoms with Crippen molar-refractivity contribution in [3.8, 4) is 0 Å². The van der Waals surface area contributed by atoms with Crippen LogP contribution in [-0.4, -0.2) is 79.3 Å². The number of aliphatic hydroxyl groups is 2. The summed E-state index contributed by atoms with van der Waals surface area (Å²) in [7, 11) is 10.6. The fourth-order valence-corrected chi connectivity index (χ4v) is 1.60. The third kappa shape index (κ3) is 1.69. The third-order valence-electron chi connectivity index (χ3n) is 3.42. The number of ether oxygens (including phenoxy) is 1. The maximum atomic E-state index is 9.98. The van der Waals surface area contributed by atoms with Gasteiger partial charge in [-0.25, -0.2) is 0 Å². The van der Waals surface area contributed by atoms with Crippen molar-refractivity contribution in [2.75, 3.05) is 0 Å². The second kappa shape index (κ2) is 2.88. The summed E-state index contributed by atoms with van der Waals surface area (Å²) in [6.07, 6.45) is 0. The summed E-state index contributed by atoms with van der Waals surface area (Å²) in [5.74, 6) is 0. The molecule has 14 heavy (non-hydrogen) atoms. The second-order valence-corrected chi connectivity index (χ2v) is 5.42. The summed E-state index contributed by atoms with van der Waals surface area (Å²) in [6.45, 7) is 0. The van der Waals surface area contributed by atoms with Gasteiger partial charge in [-0.1, -0.05) is 0 Å². The third-order valence-corrected chi connectivity index (χ3v) is 3.42. The van der Waals surface area contributed by atoms with Crippen LogP contribution in [0.4, 0.5) is 0 Å². The minimum Gasteiger partial charge on any atom is -0.380 e. The highest BCUT2D eigenvalue weighted by Gasteiger charge is 2.56. The first-order valence-corrected chi connectivity index (χ1v) is 4.86. The largest absolute Gasteiger partial charge is 0.380 e. The van der Waals surface area contributed by atoms with Crippen LogP contribution < -0.4 is 5.32 Å².